The molecule has 0 radical (unpaired) electrons. The monoisotopic (exact) mass is 544 g/mol. The van der Waals surface area contributed by atoms with Crippen LogP contribution in [0.4, 0.5) is 14.9 Å². The maximum Gasteiger partial charge on any atom is 0.414 e. The maximum absolute atomic E-state index is 15.1. The van der Waals surface area contributed by atoms with Gasteiger partial charge in [0.05, 0.1) is 53.9 Å². The molecule has 2 N–H and O–H groups in total. The summed E-state index contributed by atoms with van der Waals surface area (Å²) in [7, 11) is 0. The van der Waals surface area contributed by atoms with Gasteiger partial charge in [-0.3, -0.25) is 25.2 Å². The van der Waals surface area contributed by atoms with E-state index in [0.29, 0.717) is 40.4 Å². The number of aromatic carboxylic acids is 1. The molecule has 1 fully saturated rings. The van der Waals surface area contributed by atoms with E-state index >= 15 is 4.39 Å². The normalized spacial score (nSPS) is 18.4. The fourth-order valence-electron chi connectivity index (χ4n) is 4.46. The SMILES string of the molecule is Cc1nc([C@@H]2C=C(c3ccc(-c4ccc(N5C[C@H](Cn6ccnn6)OC5=O)cc4F)cn3)NO2)cnc1C(=O)O. The van der Waals surface area contributed by atoms with Crippen LogP contribution in [0, 0.1) is 12.7 Å². The fraction of sp³-hybridized carbons (Fsp3) is 0.192. The number of benzene rings is 1. The van der Waals surface area contributed by atoms with Crippen molar-refractivity contribution in [3.8, 4) is 11.1 Å². The number of cyclic esters (lactones) is 1. The average molecular weight is 545 g/mol. The lowest BCUT2D eigenvalue weighted by atomic mass is 10.1. The molecule has 2 aliphatic rings. The number of hydroxylamine groups is 1. The smallest absolute Gasteiger partial charge is 0.414 e. The van der Waals surface area contributed by atoms with E-state index in [1.54, 1.807) is 48.1 Å². The van der Waals surface area contributed by atoms with Gasteiger partial charge < -0.3 is 9.84 Å². The standard InChI is InChI=1S/C26H21FN8O5/c1-14-24(25(36)37)29-11-22(31-14)23-9-21(32-40-23)20-5-2-15(10-28-20)18-4-3-16(8-19(18)27)35-13-17(39-26(35)38)12-34-7-6-30-33-34/h2-11,17,23,32H,12-13H2,1H3,(H,36,37)/t17-,23-/m0/s1. The molecule has 1 aromatic carbocycles. The molecule has 1 amide bonds. The minimum atomic E-state index is -1.15. The quantitative estimate of drug-likeness (QED) is 0.352. The Bertz CT molecular complexity index is 1630. The summed E-state index contributed by atoms with van der Waals surface area (Å²) in [5.74, 6) is -1.67. The van der Waals surface area contributed by atoms with E-state index in [9.17, 15) is 9.59 Å². The van der Waals surface area contributed by atoms with E-state index in [1.165, 1.54) is 29.6 Å². The minimum absolute atomic E-state index is 0.121. The van der Waals surface area contributed by atoms with Crippen molar-refractivity contribution in [3.05, 3.63) is 89.8 Å². The van der Waals surface area contributed by atoms with E-state index < -0.39 is 30.1 Å². The van der Waals surface area contributed by atoms with Crippen LogP contribution in [0.5, 0.6) is 0 Å². The molecule has 0 unspecified atom stereocenters. The van der Waals surface area contributed by atoms with Gasteiger partial charge in [0.15, 0.2) is 5.69 Å². The Morgan fingerprint density at radius 1 is 1.23 bits per heavy atom. The number of nitrogens with one attached hydrogen (secondary N) is 1. The molecular formula is C26H21FN8O5. The van der Waals surface area contributed by atoms with Crippen LogP contribution in [-0.2, 0) is 16.1 Å². The van der Waals surface area contributed by atoms with Crippen LogP contribution in [0.2, 0.25) is 0 Å². The Hall–Kier alpha value is -5.24. The summed E-state index contributed by atoms with van der Waals surface area (Å²) in [5, 5.41) is 16.8. The van der Waals surface area contributed by atoms with E-state index in [2.05, 4.69) is 30.7 Å². The largest absolute Gasteiger partial charge is 0.476 e. The maximum atomic E-state index is 15.1. The number of rotatable bonds is 7. The van der Waals surface area contributed by atoms with Gasteiger partial charge in [-0.2, -0.15) is 0 Å². The molecule has 14 heteroatoms. The molecule has 2 atom stereocenters. The number of carbonyl (C=O) groups is 2. The molecule has 202 valence electrons. The van der Waals surface area contributed by atoms with Gasteiger partial charge in [0, 0.05) is 23.5 Å². The van der Waals surface area contributed by atoms with Crippen LogP contribution in [-0.4, -0.2) is 59.8 Å². The highest BCUT2D eigenvalue weighted by Crippen LogP contribution is 2.31. The van der Waals surface area contributed by atoms with E-state index in [-0.39, 0.29) is 17.9 Å². The van der Waals surface area contributed by atoms with Gasteiger partial charge in [-0.1, -0.05) is 11.3 Å². The lowest BCUT2D eigenvalue weighted by Gasteiger charge is -2.14. The predicted octanol–water partition coefficient (Wildman–Crippen LogP) is 2.92. The average Bonchev–Trinajstić information content (AvgIpc) is 3.71. The lowest BCUT2D eigenvalue weighted by Crippen LogP contribution is -2.26. The molecule has 13 nitrogen and oxygen atoms in total. The van der Waals surface area contributed by atoms with Gasteiger partial charge in [0.2, 0.25) is 0 Å². The number of hydrogen-bond acceptors (Lipinski definition) is 10. The molecule has 0 saturated carbocycles. The Morgan fingerprint density at radius 3 is 2.80 bits per heavy atom. The first-order valence-electron chi connectivity index (χ1n) is 12.1. The number of ether oxygens (including phenoxy) is 1. The molecule has 5 heterocycles. The molecule has 3 aromatic heterocycles. The zero-order valence-corrected chi connectivity index (χ0v) is 20.9. The lowest BCUT2D eigenvalue weighted by molar-refractivity contribution is 0.0481. The van der Waals surface area contributed by atoms with Crippen molar-refractivity contribution < 1.29 is 28.7 Å². The molecule has 0 bridgehead atoms. The third-order valence-electron chi connectivity index (χ3n) is 6.42. The van der Waals surface area contributed by atoms with E-state index in [0.717, 1.165) is 0 Å². The number of hydrogen-bond donors (Lipinski definition) is 2. The van der Waals surface area contributed by atoms with Gasteiger partial charge in [-0.25, -0.2) is 23.6 Å². The number of carbonyl (C=O) groups excluding carboxylic acids is 1. The van der Waals surface area contributed by atoms with Crippen LogP contribution >= 0.6 is 0 Å². The van der Waals surface area contributed by atoms with Crippen molar-refractivity contribution >= 4 is 23.4 Å². The highest BCUT2D eigenvalue weighted by Gasteiger charge is 2.33. The number of carboxylic acid groups (broad SMARTS) is 1. The van der Waals surface area contributed by atoms with Gasteiger partial charge >= 0.3 is 12.1 Å². The van der Waals surface area contributed by atoms with Crippen molar-refractivity contribution in [1.82, 2.24) is 35.4 Å². The number of carboxylic acids is 1. The second-order valence-corrected chi connectivity index (χ2v) is 9.09. The number of pyridine rings is 1. The highest BCUT2D eigenvalue weighted by molar-refractivity contribution is 5.90. The zero-order valence-electron chi connectivity index (χ0n) is 20.9. The number of anilines is 1. The van der Waals surface area contributed by atoms with E-state index in [4.69, 9.17) is 14.7 Å². The molecule has 2 aliphatic heterocycles. The number of halogens is 1. The van der Waals surface area contributed by atoms with Crippen molar-refractivity contribution in [2.24, 2.45) is 0 Å². The molecule has 0 spiro atoms. The van der Waals surface area contributed by atoms with Crippen LogP contribution < -0.4 is 10.4 Å². The summed E-state index contributed by atoms with van der Waals surface area (Å²) in [6.45, 7) is 2.17. The topological polar surface area (TPSA) is 157 Å². The number of aryl methyl sites for hydroxylation is 1. The first kappa shape index (κ1) is 25.1. The van der Waals surface area contributed by atoms with Gasteiger partial charge in [-0.15, -0.1) is 5.10 Å². The summed E-state index contributed by atoms with van der Waals surface area (Å²) in [5.41, 5.74) is 5.76. The summed E-state index contributed by atoms with van der Waals surface area (Å²) in [4.78, 5) is 43.2. The number of amides is 1. The molecule has 6 rings (SSSR count). The van der Waals surface area contributed by atoms with Crippen molar-refractivity contribution in [3.63, 3.8) is 0 Å². The Balaban J connectivity index is 1.15. The van der Waals surface area contributed by atoms with Crippen LogP contribution in [0.1, 0.15) is 33.7 Å². The Morgan fingerprint density at radius 2 is 2.10 bits per heavy atom. The molecule has 1 saturated heterocycles. The summed E-state index contributed by atoms with van der Waals surface area (Å²) >= 11 is 0. The zero-order chi connectivity index (χ0) is 27.8. The third kappa shape index (κ3) is 4.82. The van der Waals surface area contributed by atoms with Crippen LogP contribution in [0.15, 0.2) is 61.2 Å². The molecule has 4 aromatic rings. The fourth-order valence-corrected chi connectivity index (χ4v) is 4.46. The summed E-state index contributed by atoms with van der Waals surface area (Å²) < 4.78 is 22.1. The first-order chi connectivity index (χ1) is 19.4. The Labute approximate surface area is 225 Å². The second-order valence-electron chi connectivity index (χ2n) is 9.09. The van der Waals surface area contributed by atoms with Crippen LogP contribution in [0.25, 0.3) is 16.8 Å². The highest BCUT2D eigenvalue weighted by atomic mass is 19.1. The van der Waals surface area contributed by atoms with Gasteiger partial charge in [0.1, 0.15) is 18.0 Å². The van der Waals surface area contributed by atoms with Gasteiger partial charge in [0.25, 0.3) is 0 Å². The third-order valence-corrected chi connectivity index (χ3v) is 6.42. The predicted molar refractivity (Wildman–Crippen MR) is 136 cm³/mol. The van der Waals surface area contributed by atoms with Crippen molar-refractivity contribution in [1.29, 1.82) is 0 Å². The van der Waals surface area contributed by atoms with E-state index in [1.807, 2.05) is 0 Å². The number of nitrogens with zero attached hydrogens (tertiary/aromatic N) is 7. The number of aromatic nitrogens is 6. The van der Waals surface area contributed by atoms with Gasteiger partial charge in [-0.05, 0) is 37.3 Å². The molecule has 0 aliphatic carbocycles. The minimum Gasteiger partial charge on any atom is -0.476 e. The van der Waals surface area contributed by atoms with Crippen LogP contribution in [0.3, 0.4) is 0 Å². The van der Waals surface area contributed by atoms with Crippen molar-refractivity contribution in [2.45, 2.75) is 25.7 Å². The first-order valence-corrected chi connectivity index (χ1v) is 12.1. The summed E-state index contributed by atoms with van der Waals surface area (Å²) in [6.07, 6.45) is 6.26. The van der Waals surface area contributed by atoms with Crippen molar-refractivity contribution in [2.75, 3.05) is 11.4 Å². The summed E-state index contributed by atoms with van der Waals surface area (Å²) in [6, 6.07) is 7.97. The molecular weight excluding hydrogens is 523 g/mol. The second kappa shape index (κ2) is 10.1. The molecule has 40 heavy (non-hydrogen) atoms. The Kier molecular flexibility index (Phi) is 6.36.